The molecule has 0 unspecified atom stereocenters. The fourth-order valence-corrected chi connectivity index (χ4v) is 4.51. The quantitative estimate of drug-likeness (QED) is 0.580. The Kier molecular flexibility index (Phi) is 8.78. The van der Waals surface area contributed by atoms with Crippen molar-refractivity contribution < 1.29 is 19.1 Å². The summed E-state index contributed by atoms with van der Waals surface area (Å²) in [6, 6.07) is 12.2. The first-order valence-corrected chi connectivity index (χ1v) is 12.5. The van der Waals surface area contributed by atoms with Gasteiger partial charge in [0.25, 0.3) is 5.91 Å². The smallest absolute Gasteiger partial charge is 0.409 e. The molecule has 1 N–H and O–H groups in total. The summed E-state index contributed by atoms with van der Waals surface area (Å²) in [5, 5.41) is 3.59. The van der Waals surface area contributed by atoms with Crippen LogP contribution in [0.5, 0.6) is 5.75 Å². The van der Waals surface area contributed by atoms with E-state index in [4.69, 9.17) is 9.47 Å². The lowest BCUT2D eigenvalue weighted by molar-refractivity contribution is 0.0570. The van der Waals surface area contributed by atoms with E-state index in [1.165, 1.54) is 0 Å². The lowest BCUT2D eigenvalue weighted by Gasteiger charge is -2.35. The molecule has 2 saturated heterocycles. The molecule has 188 valence electrons. The van der Waals surface area contributed by atoms with Crippen LogP contribution in [0.3, 0.4) is 0 Å². The molecule has 0 spiro atoms. The number of rotatable bonds is 8. The number of hydrogen-bond acceptors (Lipinski definition) is 7. The maximum absolute atomic E-state index is 12.9. The van der Waals surface area contributed by atoms with Gasteiger partial charge in [-0.15, -0.1) is 0 Å². The second-order valence-corrected chi connectivity index (χ2v) is 8.78. The van der Waals surface area contributed by atoms with Gasteiger partial charge in [0, 0.05) is 69.3 Å². The molecule has 0 saturated carbocycles. The Balaban J connectivity index is 1.17. The molecule has 9 heteroatoms. The Morgan fingerprint density at radius 3 is 2.37 bits per heavy atom. The number of anilines is 1. The monoisotopic (exact) mass is 481 g/mol. The first-order valence-electron chi connectivity index (χ1n) is 12.5. The predicted octanol–water partition coefficient (Wildman–Crippen LogP) is 2.63. The summed E-state index contributed by atoms with van der Waals surface area (Å²) >= 11 is 0. The van der Waals surface area contributed by atoms with Crippen LogP contribution in [0.1, 0.15) is 30.1 Å². The summed E-state index contributed by atoms with van der Waals surface area (Å²) in [6.07, 6.45) is 5.29. The van der Waals surface area contributed by atoms with Gasteiger partial charge in [0.05, 0.1) is 12.8 Å². The number of amides is 2. The van der Waals surface area contributed by atoms with E-state index in [-0.39, 0.29) is 12.0 Å². The summed E-state index contributed by atoms with van der Waals surface area (Å²) in [6.45, 7) is 7.59. The van der Waals surface area contributed by atoms with E-state index in [1.807, 2.05) is 36.4 Å². The molecule has 35 heavy (non-hydrogen) atoms. The zero-order valence-electron chi connectivity index (χ0n) is 20.4. The second-order valence-electron chi connectivity index (χ2n) is 8.78. The highest BCUT2D eigenvalue weighted by molar-refractivity contribution is 5.94. The Morgan fingerprint density at radius 2 is 1.71 bits per heavy atom. The summed E-state index contributed by atoms with van der Waals surface area (Å²) < 4.78 is 10.7. The predicted molar refractivity (Wildman–Crippen MR) is 134 cm³/mol. The van der Waals surface area contributed by atoms with Crippen molar-refractivity contribution in [3.63, 3.8) is 0 Å². The molecule has 3 heterocycles. The molecular weight excluding hydrogens is 446 g/mol. The Labute approximate surface area is 207 Å². The number of carbonyl (C=O) groups excluding carboxylic acids is 2. The van der Waals surface area contributed by atoms with E-state index in [9.17, 15) is 9.59 Å². The van der Waals surface area contributed by atoms with Gasteiger partial charge in [-0.1, -0.05) is 0 Å². The highest BCUT2D eigenvalue weighted by atomic mass is 16.6. The lowest BCUT2D eigenvalue weighted by atomic mass is 10.0. The van der Waals surface area contributed by atoms with Crippen molar-refractivity contribution in [3.05, 3.63) is 54.4 Å². The van der Waals surface area contributed by atoms with Crippen LogP contribution in [0.2, 0.25) is 0 Å². The number of nitrogens with zero attached hydrogens (tertiary/aromatic N) is 4. The van der Waals surface area contributed by atoms with E-state index in [0.29, 0.717) is 51.0 Å². The fourth-order valence-electron chi connectivity index (χ4n) is 4.51. The molecule has 2 amide bonds. The van der Waals surface area contributed by atoms with Crippen LogP contribution >= 0.6 is 0 Å². The average Bonchev–Trinajstić information content (AvgIpc) is 2.92. The maximum atomic E-state index is 12.9. The first kappa shape index (κ1) is 24.8. The van der Waals surface area contributed by atoms with E-state index < -0.39 is 0 Å². The second kappa shape index (κ2) is 12.4. The number of ether oxygens (including phenoxy) is 2. The number of aromatic nitrogens is 1. The average molecular weight is 482 g/mol. The van der Waals surface area contributed by atoms with Gasteiger partial charge in [0.15, 0.2) is 0 Å². The van der Waals surface area contributed by atoms with Crippen molar-refractivity contribution in [3.8, 4) is 5.75 Å². The summed E-state index contributed by atoms with van der Waals surface area (Å²) in [5.41, 5.74) is 1.83. The molecular formula is C26H35N5O4. The minimum atomic E-state index is -0.305. The topological polar surface area (TPSA) is 87.2 Å². The van der Waals surface area contributed by atoms with E-state index in [2.05, 4.69) is 15.2 Å². The van der Waals surface area contributed by atoms with Gasteiger partial charge in [-0.3, -0.25) is 9.78 Å². The molecule has 9 nitrogen and oxygen atoms in total. The van der Waals surface area contributed by atoms with Crippen molar-refractivity contribution in [1.82, 2.24) is 20.1 Å². The SMILES string of the molecule is CCOC(=O)N1CCN(C(=O)c2ccc(N3CCC(NCCOc4cccnc4)CC3)cc2)CC1. The van der Waals surface area contributed by atoms with Gasteiger partial charge in [0.2, 0.25) is 0 Å². The van der Waals surface area contributed by atoms with Gasteiger partial charge < -0.3 is 29.5 Å². The van der Waals surface area contributed by atoms with Crippen molar-refractivity contribution in [2.75, 3.05) is 63.9 Å². The van der Waals surface area contributed by atoms with E-state index in [0.717, 1.165) is 43.9 Å². The van der Waals surface area contributed by atoms with Crippen molar-refractivity contribution in [1.29, 1.82) is 0 Å². The van der Waals surface area contributed by atoms with Gasteiger partial charge in [-0.25, -0.2) is 4.79 Å². The van der Waals surface area contributed by atoms with Crippen molar-refractivity contribution in [2.24, 2.45) is 0 Å². The van der Waals surface area contributed by atoms with Crippen LogP contribution in [0.25, 0.3) is 0 Å². The molecule has 1 aromatic carbocycles. The largest absolute Gasteiger partial charge is 0.491 e. The van der Waals surface area contributed by atoms with Gasteiger partial charge in [-0.2, -0.15) is 0 Å². The lowest BCUT2D eigenvalue weighted by Crippen LogP contribution is -2.50. The molecule has 0 atom stereocenters. The molecule has 0 aliphatic carbocycles. The zero-order valence-corrected chi connectivity index (χ0v) is 20.4. The summed E-state index contributed by atoms with van der Waals surface area (Å²) in [4.78, 5) is 34.6. The third-order valence-corrected chi connectivity index (χ3v) is 6.51. The number of hydrogen-bond donors (Lipinski definition) is 1. The molecule has 0 bridgehead atoms. The highest BCUT2D eigenvalue weighted by Gasteiger charge is 2.26. The molecule has 2 aromatic rings. The van der Waals surface area contributed by atoms with E-state index >= 15 is 0 Å². The highest BCUT2D eigenvalue weighted by Crippen LogP contribution is 2.21. The van der Waals surface area contributed by atoms with Crippen molar-refractivity contribution >= 4 is 17.7 Å². The van der Waals surface area contributed by atoms with Crippen LogP contribution in [-0.4, -0.2) is 91.9 Å². The molecule has 2 aliphatic heterocycles. The third kappa shape index (κ3) is 6.85. The van der Waals surface area contributed by atoms with Crippen LogP contribution < -0.4 is 15.0 Å². The molecule has 1 aromatic heterocycles. The Morgan fingerprint density at radius 1 is 1.00 bits per heavy atom. The standard InChI is InChI=1S/C26H35N5O4/c1-2-34-26(33)31-17-15-30(16-18-31)25(32)21-5-7-23(8-6-21)29-13-9-22(10-14-29)28-12-19-35-24-4-3-11-27-20-24/h3-8,11,20,22,28H,2,9-10,12-19H2,1H3. The zero-order chi connectivity index (χ0) is 24.5. The van der Waals surface area contributed by atoms with Crippen molar-refractivity contribution in [2.45, 2.75) is 25.8 Å². The number of piperazine rings is 1. The molecule has 4 rings (SSSR count). The summed E-state index contributed by atoms with van der Waals surface area (Å²) in [7, 11) is 0. The molecule has 2 fully saturated rings. The van der Waals surface area contributed by atoms with Gasteiger partial charge >= 0.3 is 6.09 Å². The van der Waals surface area contributed by atoms with Gasteiger partial charge in [-0.05, 0) is 56.2 Å². The molecule has 0 radical (unpaired) electrons. The van der Waals surface area contributed by atoms with Crippen LogP contribution in [-0.2, 0) is 4.74 Å². The number of pyridine rings is 1. The first-order chi connectivity index (χ1) is 17.1. The number of nitrogens with one attached hydrogen (secondary N) is 1. The third-order valence-electron chi connectivity index (χ3n) is 6.51. The number of carbonyl (C=O) groups is 2. The van der Waals surface area contributed by atoms with E-state index in [1.54, 1.807) is 29.1 Å². The Bertz CT molecular complexity index is 940. The minimum absolute atomic E-state index is 0.0106. The molecule has 2 aliphatic rings. The minimum Gasteiger partial charge on any atom is -0.491 e. The summed E-state index contributed by atoms with van der Waals surface area (Å²) in [5.74, 6) is 0.807. The van der Waals surface area contributed by atoms with Crippen LogP contribution in [0.15, 0.2) is 48.8 Å². The maximum Gasteiger partial charge on any atom is 0.409 e. The normalized spacial score (nSPS) is 16.8. The fraction of sp³-hybridized carbons (Fsp3) is 0.500. The number of benzene rings is 1. The number of piperidine rings is 1. The van der Waals surface area contributed by atoms with Crippen LogP contribution in [0, 0.1) is 0 Å². The Hall–Kier alpha value is -3.33. The van der Waals surface area contributed by atoms with Gasteiger partial charge in [0.1, 0.15) is 12.4 Å². The van der Waals surface area contributed by atoms with Crippen LogP contribution in [0.4, 0.5) is 10.5 Å².